The molecule has 1 heterocycles. The minimum atomic E-state index is -0.349. The zero-order valence-electron chi connectivity index (χ0n) is 14.1. The number of halogens is 1. The topological polar surface area (TPSA) is 51.1 Å². The van der Waals surface area contributed by atoms with E-state index in [9.17, 15) is 14.0 Å². The average molecular weight is 383 g/mol. The Morgan fingerprint density at radius 3 is 2.68 bits per heavy atom. The Balaban J connectivity index is 1.90. The Morgan fingerprint density at radius 1 is 1.36 bits per heavy atom. The minimum absolute atomic E-state index is 0.0963. The molecule has 1 amide bonds. The van der Waals surface area contributed by atoms with Gasteiger partial charge in [-0.25, -0.2) is 4.39 Å². The van der Waals surface area contributed by atoms with Gasteiger partial charge < -0.3 is 9.64 Å². The van der Waals surface area contributed by atoms with Gasteiger partial charge in [-0.1, -0.05) is 36.1 Å². The van der Waals surface area contributed by atoms with Gasteiger partial charge in [-0.15, -0.1) is 0 Å². The predicted molar refractivity (Wildman–Crippen MR) is 99.5 cm³/mol. The highest BCUT2D eigenvalue weighted by Crippen LogP contribution is 2.32. The second-order valence-corrected chi connectivity index (χ2v) is 7.49. The van der Waals surface area contributed by atoms with Gasteiger partial charge in [0, 0.05) is 6.54 Å². The van der Waals surface area contributed by atoms with Crippen LogP contribution in [0.15, 0.2) is 29.2 Å². The van der Waals surface area contributed by atoms with E-state index in [0.29, 0.717) is 21.4 Å². The minimum Gasteiger partial charge on any atom is -0.460 e. The molecule has 0 bridgehead atoms. The predicted octanol–water partition coefficient (Wildman–Crippen LogP) is 1.10. The lowest BCUT2D eigenvalue weighted by atomic mass is 10.2. The number of quaternary nitrogens is 1. The number of thioether (sulfide) groups is 1. The maximum atomic E-state index is 12.9. The van der Waals surface area contributed by atoms with Crippen molar-refractivity contribution < 1.29 is 23.6 Å². The van der Waals surface area contributed by atoms with Crippen LogP contribution in [0.2, 0.25) is 0 Å². The van der Waals surface area contributed by atoms with Crippen LogP contribution in [0.5, 0.6) is 0 Å². The largest absolute Gasteiger partial charge is 0.460 e. The number of hydrogen-bond donors (Lipinski definition) is 1. The van der Waals surface area contributed by atoms with Crippen molar-refractivity contribution in [3.63, 3.8) is 0 Å². The molecule has 8 heteroatoms. The van der Waals surface area contributed by atoms with Crippen LogP contribution in [0.1, 0.15) is 12.0 Å². The van der Waals surface area contributed by atoms with Gasteiger partial charge in [-0.05, 0) is 23.8 Å². The molecule has 0 aliphatic carbocycles. The SMILES string of the molecule is C[NH+](C)CCOC(=O)CCN1C(=O)/C(=C/c2ccc(F)cc2)SC1=S. The van der Waals surface area contributed by atoms with Crippen molar-refractivity contribution in [1.29, 1.82) is 0 Å². The van der Waals surface area contributed by atoms with E-state index in [4.69, 9.17) is 17.0 Å². The van der Waals surface area contributed by atoms with Gasteiger partial charge in [-0.2, -0.15) is 0 Å². The van der Waals surface area contributed by atoms with E-state index in [1.54, 1.807) is 18.2 Å². The number of thiocarbonyl (C=S) groups is 1. The summed E-state index contributed by atoms with van der Waals surface area (Å²) in [6.07, 6.45) is 1.76. The van der Waals surface area contributed by atoms with Gasteiger partial charge in [0.25, 0.3) is 5.91 Å². The van der Waals surface area contributed by atoms with Crippen molar-refractivity contribution in [2.45, 2.75) is 6.42 Å². The average Bonchev–Trinajstić information content (AvgIpc) is 2.81. The van der Waals surface area contributed by atoms with E-state index in [0.717, 1.165) is 6.54 Å². The fourth-order valence-corrected chi connectivity index (χ4v) is 3.36. The van der Waals surface area contributed by atoms with Crippen molar-refractivity contribution in [2.75, 3.05) is 33.8 Å². The first-order valence-corrected chi connectivity index (χ1v) is 9.05. The highest BCUT2D eigenvalue weighted by Gasteiger charge is 2.32. The Morgan fingerprint density at radius 2 is 2.04 bits per heavy atom. The van der Waals surface area contributed by atoms with Gasteiger partial charge in [0.05, 0.1) is 25.4 Å². The monoisotopic (exact) mass is 383 g/mol. The summed E-state index contributed by atoms with van der Waals surface area (Å²) in [6.45, 7) is 1.27. The molecule has 5 nitrogen and oxygen atoms in total. The fourth-order valence-electron chi connectivity index (χ4n) is 2.05. The third-order valence-corrected chi connectivity index (χ3v) is 4.82. The molecule has 1 aromatic rings. The number of benzene rings is 1. The summed E-state index contributed by atoms with van der Waals surface area (Å²) < 4.78 is 18.5. The third kappa shape index (κ3) is 5.91. The molecule has 0 radical (unpaired) electrons. The van der Waals surface area contributed by atoms with Crippen LogP contribution < -0.4 is 4.90 Å². The van der Waals surface area contributed by atoms with Crippen molar-refractivity contribution >= 4 is 46.3 Å². The Bertz CT molecular complexity index is 690. The summed E-state index contributed by atoms with van der Waals surface area (Å²) in [5.74, 6) is -0.929. The van der Waals surface area contributed by atoms with Crippen molar-refractivity contribution in [2.24, 2.45) is 0 Å². The van der Waals surface area contributed by atoms with E-state index in [-0.39, 0.29) is 30.7 Å². The lowest BCUT2D eigenvalue weighted by Gasteiger charge is -2.14. The maximum absolute atomic E-state index is 12.9. The molecule has 2 rings (SSSR count). The van der Waals surface area contributed by atoms with Gasteiger partial charge in [0.2, 0.25) is 0 Å². The van der Waals surface area contributed by atoms with Gasteiger partial charge in [0.15, 0.2) is 0 Å². The normalized spacial score (nSPS) is 16.2. The lowest BCUT2D eigenvalue weighted by Crippen LogP contribution is -3.06. The number of rotatable bonds is 7. The van der Waals surface area contributed by atoms with Crippen LogP contribution in [0.25, 0.3) is 6.08 Å². The first-order valence-electron chi connectivity index (χ1n) is 7.82. The number of nitrogens with one attached hydrogen (secondary N) is 1. The molecular formula is C17H20FN2O3S2+. The van der Waals surface area contributed by atoms with E-state index in [1.165, 1.54) is 33.7 Å². The quantitative estimate of drug-likeness (QED) is 0.434. The first-order chi connectivity index (χ1) is 11.9. The van der Waals surface area contributed by atoms with Gasteiger partial charge in [0.1, 0.15) is 23.3 Å². The molecule has 0 unspecified atom stereocenters. The number of amides is 1. The molecule has 134 valence electrons. The summed E-state index contributed by atoms with van der Waals surface area (Å²) in [5.41, 5.74) is 0.715. The zero-order valence-corrected chi connectivity index (χ0v) is 15.7. The molecule has 1 fully saturated rings. The molecule has 0 atom stereocenters. The molecule has 1 saturated heterocycles. The number of carbonyl (C=O) groups excluding carboxylic acids is 2. The van der Waals surface area contributed by atoms with E-state index < -0.39 is 0 Å². The summed E-state index contributed by atoms with van der Waals surface area (Å²) in [5, 5.41) is 0. The highest BCUT2D eigenvalue weighted by molar-refractivity contribution is 8.26. The standard InChI is InChI=1S/C17H19FN2O3S2/c1-19(2)9-10-23-15(21)7-8-20-16(22)14(25-17(20)24)11-12-3-5-13(18)6-4-12/h3-6,11H,7-10H2,1-2H3/p+1/b14-11-. The van der Waals surface area contributed by atoms with E-state index >= 15 is 0 Å². The molecular weight excluding hydrogens is 363 g/mol. The van der Waals surface area contributed by atoms with Gasteiger partial charge >= 0.3 is 5.97 Å². The van der Waals surface area contributed by atoms with Crippen LogP contribution in [0.4, 0.5) is 4.39 Å². The van der Waals surface area contributed by atoms with Crippen molar-refractivity contribution in [3.05, 3.63) is 40.6 Å². The second kappa shape index (κ2) is 9.07. The van der Waals surface area contributed by atoms with Crippen LogP contribution in [0.3, 0.4) is 0 Å². The molecule has 1 N–H and O–H groups in total. The van der Waals surface area contributed by atoms with Crippen LogP contribution in [0, 0.1) is 5.82 Å². The lowest BCUT2D eigenvalue weighted by molar-refractivity contribution is -0.858. The molecule has 1 aromatic carbocycles. The maximum Gasteiger partial charge on any atom is 0.307 e. The van der Waals surface area contributed by atoms with Crippen LogP contribution in [-0.2, 0) is 14.3 Å². The molecule has 25 heavy (non-hydrogen) atoms. The first kappa shape index (κ1) is 19.6. The molecule has 1 aliphatic rings. The van der Waals surface area contributed by atoms with Crippen molar-refractivity contribution in [3.8, 4) is 0 Å². The number of carbonyl (C=O) groups is 2. The van der Waals surface area contributed by atoms with E-state index in [2.05, 4.69) is 0 Å². The smallest absolute Gasteiger partial charge is 0.307 e. The Labute approximate surface area is 155 Å². The third-order valence-electron chi connectivity index (χ3n) is 3.45. The van der Waals surface area contributed by atoms with Crippen LogP contribution in [-0.4, -0.2) is 54.9 Å². The number of hydrogen-bond acceptors (Lipinski definition) is 5. The molecule has 1 aliphatic heterocycles. The zero-order chi connectivity index (χ0) is 18.4. The number of nitrogens with zero attached hydrogens (tertiary/aromatic N) is 1. The summed E-state index contributed by atoms with van der Waals surface area (Å²) >= 11 is 6.39. The number of likely N-dealkylation sites (N-methyl/N-ethyl adjacent to an activating group) is 1. The number of ether oxygens (including phenoxy) is 1. The summed E-state index contributed by atoms with van der Waals surface area (Å²) in [4.78, 5) is 27.2. The molecule has 0 saturated carbocycles. The summed E-state index contributed by atoms with van der Waals surface area (Å²) in [6, 6.07) is 5.84. The second-order valence-electron chi connectivity index (χ2n) is 5.81. The summed E-state index contributed by atoms with van der Waals surface area (Å²) in [7, 11) is 3.95. The highest BCUT2D eigenvalue weighted by atomic mass is 32.2. The van der Waals surface area contributed by atoms with E-state index in [1.807, 2.05) is 14.1 Å². The van der Waals surface area contributed by atoms with Crippen molar-refractivity contribution in [1.82, 2.24) is 4.90 Å². The Kier molecular flexibility index (Phi) is 7.10. The van der Waals surface area contributed by atoms with Gasteiger partial charge in [-0.3, -0.25) is 14.5 Å². The molecule has 0 spiro atoms. The number of esters is 1. The fraction of sp³-hybridized carbons (Fsp3) is 0.353. The molecule has 0 aromatic heterocycles. The van der Waals surface area contributed by atoms with Crippen LogP contribution >= 0.6 is 24.0 Å². The Hall–Kier alpha value is -1.77.